The molecule has 0 amide bonds. The molecule has 0 unspecified atom stereocenters. The van der Waals surface area contributed by atoms with E-state index in [0.717, 1.165) is 38.9 Å². The Balaban J connectivity index is 1.86. The lowest BCUT2D eigenvalue weighted by Crippen LogP contribution is -2.19. The van der Waals surface area contributed by atoms with Crippen LogP contribution in [-0.4, -0.2) is 38.8 Å². The van der Waals surface area contributed by atoms with E-state index in [1.165, 1.54) is 0 Å². The van der Waals surface area contributed by atoms with Crippen molar-refractivity contribution in [1.29, 1.82) is 0 Å². The van der Waals surface area contributed by atoms with Crippen LogP contribution < -0.4 is 16.2 Å². The molecule has 1 aliphatic rings. The number of nitrogens with one attached hydrogen (secondary N) is 1. The van der Waals surface area contributed by atoms with Crippen molar-refractivity contribution in [3.63, 3.8) is 0 Å². The van der Waals surface area contributed by atoms with E-state index in [-0.39, 0.29) is 23.6 Å². The molecule has 8 heteroatoms. The molecule has 1 aliphatic heterocycles. The molecule has 24 heavy (non-hydrogen) atoms. The number of H-pyrrole nitrogens is 1. The summed E-state index contributed by atoms with van der Waals surface area (Å²) in [6.45, 7) is 6.20. The topological polar surface area (TPSA) is 108 Å². The highest BCUT2D eigenvalue weighted by Gasteiger charge is 2.19. The average Bonchev–Trinajstić information content (AvgIpc) is 3.14. The molecule has 8 nitrogen and oxygen atoms in total. The highest BCUT2D eigenvalue weighted by molar-refractivity contribution is 5.81. The predicted molar refractivity (Wildman–Crippen MR) is 91.1 cm³/mol. The number of hydrogen-bond acceptors (Lipinski definition) is 6. The molecule has 0 aromatic carbocycles. The van der Waals surface area contributed by atoms with E-state index in [9.17, 15) is 4.79 Å². The summed E-state index contributed by atoms with van der Waals surface area (Å²) in [5.74, 6) is 0.722. The number of rotatable bonds is 7. The van der Waals surface area contributed by atoms with Crippen LogP contribution in [0, 0.1) is 5.92 Å². The third-order valence-corrected chi connectivity index (χ3v) is 4.42. The van der Waals surface area contributed by atoms with Gasteiger partial charge in [0, 0.05) is 19.8 Å². The third kappa shape index (κ3) is 3.53. The monoisotopic (exact) mass is 335 g/mol. The maximum atomic E-state index is 12.2. The fourth-order valence-corrected chi connectivity index (χ4v) is 3.06. The maximum absolute atomic E-state index is 12.2. The molecule has 2 aromatic heterocycles. The molecule has 3 N–H and O–H groups in total. The Hall–Kier alpha value is -2.09. The molecule has 0 bridgehead atoms. The highest BCUT2D eigenvalue weighted by atomic mass is 16.5. The minimum absolute atomic E-state index is 0.00148. The second-order valence-corrected chi connectivity index (χ2v) is 6.41. The Kier molecular flexibility index (Phi) is 5.03. The van der Waals surface area contributed by atoms with Gasteiger partial charge in [0.25, 0.3) is 0 Å². The summed E-state index contributed by atoms with van der Waals surface area (Å²) in [5.41, 5.74) is 6.73. The number of aryl methyl sites for hydroxylation is 1. The van der Waals surface area contributed by atoms with E-state index in [1.54, 1.807) is 4.57 Å². The van der Waals surface area contributed by atoms with Crippen LogP contribution in [0.5, 0.6) is 6.01 Å². The van der Waals surface area contributed by atoms with Crippen molar-refractivity contribution in [3.8, 4) is 6.01 Å². The zero-order chi connectivity index (χ0) is 17.1. The van der Waals surface area contributed by atoms with Gasteiger partial charge in [0.05, 0.1) is 6.10 Å². The Labute approximate surface area is 140 Å². The number of fused-ring (bicyclic) bond motifs is 1. The maximum Gasteiger partial charge on any atom is 0.327 e. The predicted octanol–water partition coefficient (Wildman–Crippen LogP) is 1.70. The summed E-state index contributed by atoms with van der Waals surface area (Å²) in [7, 11) is 0. The molecule has 2 aromatic rings. The van der Waals surface area contributed by atoms with Crippen LogP contribution in [0.4, 0.5) is 5.82 Å². The second kappa shape index (κ2) is 7.21. The van der Waals surface area contributed by atoms with Gasteiger partial charge < -0.3 is 20.2 Å². The number of aromatic nitrogens is 4. The lowest BCUT2D eigenvalue weighted by molar-refractivity contribution is 0.183. The molecule has 1 fully saturated rings. The summed E-state index contributed by atoms with van der Waals surface area (Å²) >= 11 is 0. The Morgan fingerprint density at radius 3 is 3.04 bits per heavy atom. The Morgan fingerprint density at radius 2 is 2.33 bits per heavy atom. The van der Waals surface area contributed by atoms with Gasteiger partial charge in [-0.15, -0.1) is 0 Å². The number of anilines is 1. The largest absolute Gasteiger partial charge is 0.460 e. The van der Waals surface area contributed by atoms with Crippen LogP contribution in [0.25, 0.3) is 11.2 Å². The van der Waals surface area contributed by atoms with Gasteiger partial charge in [0.15, 0.2) is 11.5 Å². The van der Waals surface area contributed by atoms with Gasteiger partial charge in [0.1, 0.15) is 5.52 Å². The molecule has 0 spiro atoms. The summed E-state index contributed by atoms with van der Waals surface area (Å²) < 4.78 is 12.7. The van der Waals surface area contributed by atoms with E-state index in [0.29, 0.717) is 23.6 Å². The van der Waals surface area contributed by atoms with Gasteiger partial charge in [-0.1, -0.05) is 13.3 Å². The van der Waals surface area contributed by atoms with Crippen molar-refractivity contribution >= 4 is 17.0 Å². The molecule has 2 atom stereocenters. The molecule has 3 rings (SSSR count). The van der Waals surface area contributed by atoms with Crippen LogP contribution in [0.2, 0.25) is 0 Å². The van der Waals surface area contributed by atoms with Crippen LogP contribution in [0.1, 0.15) is 39.5 Å². The van der Waals surface area contributed by atoms with E-state index < -0.39 is 0 Å². The van der Waals surface area contributed by atoms with E-state index in [1.807, 2.05) is 6.92 Å². The Morgan fingerprint density at radius 1 is 1.50 bits per heavy atom. The molecule has 0 saturated carbocycles. The number of hydrogen-bond donors (Lipinski definition) is 2. The first-order valence-corrected chi connectivity index (χ1v) is 8.59. The lowest BCUT2D eigenvalue weighted by atomic mass is 10.1. The molecular weight excluding hydrogens is 310 g/mol. The molecule has 0 aliphatic carbocycles. The van der Waals surface area contributed by atoms with Gasteiger partial charge in [-0.3, -0.25) is 4.57 Å². The third-order valence-electron chi connectivity index (χ3n) is 4.42. The first-order valence-electron chi connectivity index (χ1n) is 8.59. The van der Waals surface area contributed by atoms with E-state index >= 15 is 0 Å². The van der Waals surface area contributed by atoms with Gasteiger partial charge >= 0.3 is 11.7 Å². The zero-order valence-electron chi connectivity index (χ0n) is 14.2. The smallest absolute Gasteiger partial charge is 0.327 e. The fourth-order valence-electron chi connectivity index (χ4n) is 3.06. The highest BCUT2D eigenvalue weighted by Crippen LogP contribution is 2.21. The molecular formula is C16H25N5O3. The van der Waals surface area contributed by atoms with Gasteiger partial charge in [-0.2, -0.15) is 9.97 Å². The van der Waals surface area contributed by atoms with Gasteiger partial charge in [0.2, 0.25) is 0 Å². The summed E-state index contributed by atoms with van der Waals surface area (Å²) in [6.07, 6.45) is 3.83. The quantitative estimate of drug-likeness (QED) is 0.797. The standard InChI is InChI=1S/C16H25N5O3/c1-3-4-10(2)24-15-19-13(17)12-14(20-15)21(16(22)18-12)7-5-11-6-8-23-9-11/h10-11H,3-9H2,1-2H3,(H,18,22)(H2,17,19,20)/t10-,11+/m0/s1. The van der Waals surface area contributed by atoms with Gasteiger partial charge in [-0.25, -0.2) is 4.79 Å². The number of imidazole rings is 1. The molecule has 1 saturated heterocycles. The van der Waals surface area contributed by atoms with Crippen LogP contribution in [-0.2, 0) is 11.3 Å². The summed E-state index contributed by atoms with van der Waals surface area (Å²) in [5, 5.41) is 0. The van der Waals surface area contributed by atoms with Gasteiger partial charge in [-0.05, 0) is 32.1 Å². The van der Waals surface area contributed by atoms with Crippen molar-refractivity contribution in [2.24, 2.45) is 5.92 Å². The fraction of sp³-hybridized carbons (Fsp3) is 0.688. The normalized spacial score (nSPS) is 19.0. The van der Waals surface area contributed by atoms with E-state index in [2.05, 4.69) is 21.9 Å². The SMILES string of the molecule is CCC[C@H](C)Oc1nc(N)c2[nH]c(=O)n(CC[C@@H]3CCOC3)c2n1. The van der Waals surface area contributed by atoms with Crippen molar-refractivity contribution in [3.05, 3.63) is 10.5 Å². The van der Waals surface area contributed by atoms with Crippen LogP contribution >= 0.6 is 0 Å². The minimum atomic E-state index is -0.219. The number of nitrogens with two attached hydrogens (primary N) is 1. The van der Waals surface area contributed by atoms with Crippen molar-refractivity contribution in [2.75, 3.05) is 18.9 Å². The average molecular weight is 335 g/mol. The first kappa shape index (κ1) is 16.8. The minimum Gasteiger partial charge on any atom is -0.460 e. The van der Waals surface area contributed by atoms with Crippen molar-refractivity contribution < 1.29 is 9.47 Å². The van der Waals surface area contributed by atoms with Crippen LogP contribution in [0.15, 0.2) is 4.79 Å². The second-order valence-electron chi connectivity index (χ2n) is 6.41. The molecule has 3 heterocycles. The van der Waals surface area contributed by atoms with Crippen molar-refractivity contribution in [1.82, 2.24) is 19.5 Å². The molecule has 132 valence electrons. The zero-order valence-corrected chi connectivity index (χ0v) is 14.2. The summed E-state index contributed by atoms with van der Waals surface area (Å²) in [6, 6.07) is 0.220. The molecule has 0 radical (unpaired) electrons. The number of nitrogen functional groups attached to an aromatic ring is 1. The van der Waals surface area contributed by atoms with Crippen LogP contribution in [0.3, 0.4) is 0 Å². The van der Waals surface area contributed by atoms with E-state index in [4.69, 9.17) is 15.2 Å². The number of ether oxygens (including phenoxy) is 2. The first-order chi connectivity index (χ1) is 11.6. The Bertz CT molecular complexity index is 748. The lowest BCUT2D eigenvalue weighted by Gasteiger charge is -2.13. The number of nitrogens with zero attached hydrogens (tertiary/aromatic N) is 3. The van der Waals surface area contributed by atoms with Crippen molar-refractivity contribution in [2.45, 2.75) is 52.2 Å². The number of aromatic amines is 1. The summed E-state index contributed by atoms with van der Waals surface area (Å²) in [4.78, 5) is 23.6.